The van der Waals surface area contributed by atoms with Gasteiger partial charge in [0.05, 0.1) is 12.2 Å². The lowest BCUT2D eigenvalue weighted by molar-refractivity contribution is -0.137. The van der Waals surface area contributed by atoms with Crippen LogP contribution in [0.5, 0.6) is 5.75 Å². The number of hydrogen-bond donors (Lipinski definition) is 0. The number of carbonyl (C=O) groups excluding carboxylic acids is 1. The average molecular weight is 337 g/mol. The number of amides is 1. The molecule has 0 saturated carbocycles. The number of ether oxygens (including phenoxy) is 1. The van der Waals surface area contributed by atoms with Gasteiger partial charge in [-0.25, -0.2) is 0 Å². The Morgan fingerprint density at radius 3 is 2.70 bits per heavy atom. The summed E-state index contributed by atoms with van der Waals surface area (Å²) in [5.74, 6) is 1.36. The minimum Gasteiger partial charge on any atom is -0.481 e. The summed E-state index contributed by atoms with van der Waals surface area (Å²) in [5.41, 5.74) is 0.879. The lowest BCUT2D eigenvalue weighted by Gasteiger charge is -2.21. The summed E-state index contributed by atoms with van der Waals surface area (Å²) in [4.78, 5) is 13.9. The van der Waals surface area contributed by atoms with Gasteiger partial charge in [-0.1, -0.05) is 36.7 Å². The zero-order valence-corrected chi connectivity index (χ0v) is 14.5. The molecule has 1 atom stereocenters. The van der Waals surface area contributed by atoms with Gasteiger partial charge >= 0.3 is 0 Å². The first kappa shape index (κ1) is 17.3. The number of carbonyl (C=O) groups is 1. The Morgan fingerprint density at radius 1 is 1.35 bits per heavy atom. The Morgan fingerprint density at radius 2 is 2.09 bits per heavy atom. The van der Waals surface area contributed by atoms with E-state index in [9.17, 15) is 4.79 Å². The maximum atomic E-state index is 12.4. The molecule has 0 aliphatic heterocycles. The molecule has 23 heavy (non-hydrogen) atoms. The predicted octanol–water partition coefficient (Wildman–Crippen LogP) is 3.88. The van der Waals surface area contributed by atoms with E-state index in [1.54, 1.807) is 43.1 Å². The van der Waals surface area contributed by atoms with Crippen LogP contribution in [0.4, 0.5) is 0 Å². The molecule has 1 heterocycles. The third-order valence-electron chi connectivity index (χ3n) is 3.39. The zero-order valence-electron chi connectivity index (χ0n) is 13.7. The molecule has 0 radical (unpaired) electrons. The molecule has 6 heteroatoms. The molecular weight excluding hydrogens is 316 g/mol. The molecule has 1 aromatic carbocycles. The molecule has 1 unspecified atom stereocenters. The van der Waals surface area contributed by atoms with Crippen LogP contribution in [0.25, 0.3) is 0 Å². The van der Waals surface area contributed by atoms with E-state index in [0.29, 0.717) is 29.0 Å². The molecule has 1 amide bonds. The fourth-order valence-electron chi connectivity index (χ4n) is 2.09. The summed E-state index contributed by atoms with van der Waals surface area (Å²) in [6.07, 6.45) is -0.619. The van der Waals surface area contributed by atoms with E-state index in [0.717, 1.165) is 5.69 Å². The van der Waals surface area contributed by atoms with Gasteiger partial charge in [-0.2, -0.15) is 0 Å². The molecule has 0 aliphatic carbocycles. The van der Waals surface area contributed by atoms with Crippen LogP contribution in [0.1, 0.15) is 38.1 Å². The van der Waals surface area contributed by atoms with Crippen molar-refractivity contribution in [3.05, 3.63) is 46.8 Å². The van der Waals surface area contributed by atoms with Crippen molar-refractivity contribution in [2.24, 2.45) is 0 Å². The molecule has 1 aromatic heterocycles. The quantitative estimate of drug-likeness (QED) is 0.803. The number of hydrogen-bond acceptors (Lipinski definition) is 4. The van der Waals surface area contributed by atoms with Crippen molar-refractivity contribution in [3.63, 3.8) is 0 Å². The third-order valence-corrected chi connectivity index (χ3v) is 3.63. The topological polar surface area (TPSA) is 55.6 Å². The molecule has 5 nitrogen and oxygen atoms in total. The number of benzene rings is 1. The van der Waals surface area contributed by atoms with Crippen molar-refractivity contribution in [3.8, 4) is 5.75 Å². The van der Waals surface area contributed by atoms with E-state index in [-0.39, 0.29) is 5.91 Å². The molecule has 0 bridgehead atoms. The molecule has 2 aromatic rings. The van der Waals surface area contributed by atoms with Gasteiger partial charge < -0.3 is 14.2 Å². The monoisotopic (exact) mass is 336 g/mol. The van der Waals surface area contributed by atoms with E-state index >= 15 is 0 Å². The van der Waals surface area contributed by atoms with E-state index in [2.05, 4.69) is 5.16 Å². The van der Waals surface area contributed by atoms with E-state index in [1.165, 1.54) is 0 Å². The van der Waals surface area contributed by atoms with Gasteiger partial charge in [-0.15, -0.1) is 0 Å². The van der Waals surface area contributed by atoms with Gasteiger partial charge in [0.25, 0.3) is 5.91 Å². The first-order chi connectivity index (χ1) is 10.9. The second-order valence-corrected chi connectivity index (χ2v) is 6.22. The van der Waals surface area contributed by atoms with Crippen LogP contribution in [0.2, 0.25) is 5.02 Å². The third kappa shape index (κ3) is 4.73. The number of rotatable bonds is 6. The highest BCUT2D eigenvalue weighted by atomic mass is 35.5. The highest BCUT2D eigenvalue weighted by Gasteiger charge is 2.21. The standard InChI is InChI=1S/C17H21ClN2O3/c1-11(2)16-9-15(23-19-16)10-20(4)17(21)12(3)22-14-7-5-6-13(18)8-14/h5-9,11-12H,10H2,1-4H3. The molecule has 0 aliphatic rings. The number of aromatic nitrogens is 1. The SMILES string of the molecule is CC(Oc1cccc(Cl)c1)C(=O)N(C)Cc1cc(C(C)C)no1. The normalized spacial score (nSPS) is 12.3. The Labute approximate surface area is 141 Å². The first-order valence-electron chi connectivity index (χ1n) is 7.49. The van der Waals surface area contributed by atoms with Crippen molar-refractivity contribution in [1.29, 1.82) is 0 Å². The molecule has 0 saturated heterocycles. The minimum absolute atomic E-state index is 0.146. The second kappa shape index (κ2) is 7.51. The summed E-state index contributed by atoms with van der Waals surface area (Å²) in [6, 6.07) is 8.85. The van der Waals surface area contributed by atoms with Crippen LogP contribution < -0.4 is 4.74 Å². The van der Waals surface area contributed by atoms with E-state index < -0.39 is 6.10 Å². The maximum absolute atomic E-state index is 12.4. The molecule has 124 valence electrons. The van der Waals surface area contributed by atoms with Gasteiger partial charge in [-0.3, -0.25) is 4.79 Å². The Hall–Kier alpha value is -2.01. The van der Waals surface area contributed by atoms with Gasteiger partial charge in [-0.05, 0) is 31.0 Å². The summed E-state index contributed by atoms with van der Waals surface area (Å²) < 4.78 is 10.9. The summed E-state index contributed by atoms with van der Waals surface area (Å²) in [7, 11) is 1.71. The summed E-state index contributed by atoms with van der Waals surface area (Å²) >= 11 is 5.91. The van der Waals surface area contributed by atoms with Crippen molar-refractivity contribution in [2.75, 3.05) is 7.05 Å². The van der Waals surface area contributed by atoms with E-state index in [1.807, 2.05) is 19.9 Å². The lowest BCUT2D eigenvalue weighted by Crippen LogP contribution is -2.37. The summed E-state index contributed by atoms with van der Waals surface area (Å²) in [5, 5.41) is 4.56. The fraction of sp³-hybridized carbons (Fsp3) is 0.412. The van der Waals surface area contributed by atoms with Crippen molar-refractivity contribution in [2.45, 2.75) is 39.3 Å². The van der Waals surface area contributed by atoms with Crippen LogP contribution in [-0.2, 0) is 11.3 Å². The predicted molar refractivity (Wildman–Crippen MR) is 88.6 cm³/mol. The largest absolute Gasteiger partial charge is 0.481 e. The van der Waals surface area contributed by atoms with Gasteiger partial charge in [0.15, 0.2) is 11.9 Å². The molecule has 0 N–H and O–H groups in total. The van der Waals surface area contributed by atoms with Gasteiger partial charge in [0.1, 0.15) is 5.75 Å². The minimum atomic E-state index is -0.619. The van der Waals surface area contributed by atoms with Crippen molar-refractivity contribution < 1.29 is 14.1 Å². The van der Waals surface area contributed by atoms with Crippen molar-refractivity contribution >= 4 is 17.5 Å². The Balaban J connectivity index is 1.95. The highest BCUT2D eigenvalue weighted by Crippen LogP contribution is 2.19. The second-order valence-electron chi connectivity index (χ2n) is 5.78. The highest BCUT2D eigenvalue weighted by molar-refractivity contribution is 6.30. The number of halogens is 1. The zero-order chi connectivity index (χ0) is 17.0. The average Bonchev–Trinajstić information content (AvgIpc) is 2.95. The maximum Gasteiger partial charge on any atom is 0.263 e. The van der Waals surface area contributed by atoms with Crippen LogP contribution in [0, 0.1) is 0 Å². The van der Waals surface area contributed by atoms with Crippen molar-refractivity contribution in [1.82, 2.24) is 10.1 Å². The number of nitrogens with zero attached hydrogens (tertiary/aromatic N) is 2. The first-order valence-corrected chi connectivity index (χ1v) is 7.87. The molecular formula is C17H21ClN2O3. The van der Waals surface area contributed by atoms with Crippen LogP contribution in [0.3, 0.4) is 0 Å². The smallest absolute Gasteiger partial charge is 0.263 e. The Kier molecular flexibility index (Phi) is 5.66. The van der Waals surface area contributed by atoms with E-state index in [4.69, 9.17) is 20.9 Å². The van der Waals surface area contributed by atoms with Crippen LogP contribution in [-0.4, -0.2) is 29.1 Å². The van der Waals surface area contributed by atoms with Gasteiger partial charge in [0, 0.05) is 18.1 Å². The van der Waals surface area contributed by atoms with Crippen LogP contribution >= 0.6 is 11.6 Å². The van der Waals surface area contributed by atoms with Crippen LogP contribution in [0.15, 0.2) is 34.9 Å². The number of likely N-dealkylation sites (N-methyl/N-ethyl adjacent to an activating group) is 1. The van der Waals surface area contributed by atoms with Gasteiger partial charge in [0.2, 0.25) is 0 Å². The lowest BCUT2D eigenvalue weighted by atomic mass is 10.1. The summed E-state index contributed by atoms with van der Waals surface area (Å²) in [6.45, 7) is 6.14. The molecule has 2 rings (SSSR count). The molecule has 0 fully saturated rings. The fourth-order valence-corrected chi connectivity index (χ4v) is 2.27. The Bertz CT molecular complexity index is 669. The molecule has 0 spiro atoms.